The molecule has 0 unspecified atom stereocenters. The first-order chi connectivity index (χ1) is 7.17. The highest BCUT2D eigenvalue weighted by Crippen LogP contribution is 2.04. The van der Waals surface area contributed by atoms with E-state index in [0.29, 0.717) is 18.8 Å². The van der Waals surface area contributed by atoms with Crippen LogP contribution in [0.1, 0.15) is 0 Å². The highest BCUT2D eigenvalue weighted by atomic mass is 16.5. The zero-order chi connectivity index (χ0) is 11.7. The Morgan fingerprint density at radius 3 is 2.07 bits per heavy atom. The molecular formula is C12H17NO2. The minimum absolute atomic E-state index is 0.188. The fourth-order valence-corrected chi connectivity index (χ4v) is 0.954. The van der Waals surface area contributed by atoms with Gasteiger partial charge in [-0.2, -0.15) is 0 Å². The molecule has 0 aliphatic heterocycles. The molecule has 0 heterocycles. The maximum atomic E-state index is 11.4. The molecule has 0 aliphatic carbocycles. The average molecular weight is 207 g/mol. The molecule has 0 amide bonds. The zero-order valence-corrected chi connectivity index (χ0v) is 8.95. The molecule has 0 spiro atoms. The maximum Gasteiger partial charge on any atom is 0.354 e. The van der Waals surface area contributed by atoms with Gasteiger partial charge < -0.3 is 9.64 Å². The summed E-state index contributed by atoms with van der Waals surface area (Å²) < 4.78 is 4.86. The van der Waals surface area contributed by atoms with Gasteiger partial charge in [-0.05, 0) is 0 Å². The van der Waals surface area contributed by atoms with E-state index in [4.69, 9.17) is 4.74 Å². The molecule has 0 radical (unpaired) electrons. The second-order valence-corrected chi connectivity index (χ2v) is 2.82. The SMILES string of the molecule is C=CCOC(=O)C(=C)N(CC=C)CC=C. The van der Waals surface area contributed by atoms with Crippen LogP contribution in [0.25, 0.3) is 0 Å². The zero-order valence-electron chi connectivity index (χ0n) is 8.95. The van der Waals surface area contributed by atoms with Crippen LogP contribution in [-0.2, 0) is 9.53 Å². The largest absolute Gasteiger partial charge is 0.457 e. The summed E-state index contributed by atoms with van der Waals surface area (Å²) in [5.74, 6) is -0.446. The fraction of sp³-hybridized carbons (Fsp3) is 0.250. The summed E-state index contributed by atoms with van der Waals surface area (Å²) in [5, 5.41) is 0. The molecule has 0 bridgehead atoms. The van der Waals surface area contributed by atoms with Crippen LogP contribution in [-0.4, -0.2) is 30.6 Å². The monoisotopic (exact) mass is 207 g/mol. The van der Waals surface area contributed by atoms with Crippen molar-refractivity contribution in [2.45, 2.75) is 0 Å². The number of carbonyl (C=O) groups is 1. The van der Waals surface area contributed by atoms with Crippen LogP contribution in [0, 0.1) is 0 Å². The molecule has 3 heteroatoms. The van der Waals surface area contributed by atoms with Crippen LogP contribution in [0.15, 0.2) is 50.2 Å². The van der Waals surface area contributed by atoms with Gasteiger partial charge in [0.05, 0.1) is 0 Å². The summed E-state index contributed by atoms with van der Waals surface area (Å²) in [6.07, 6.45) is 4.89. The van der Waals surface area contributed by atoms with Gasteiger partial charge in [0, 0.05) is 13.1 Å². The highest BCUT2D eigenvalue weighted by Gasteiger charge is 2.13. The topological polar surface area (TPSA) is 29.5 Å². The van der Waals surface area contributed by atoms with Gasteiger partial charge in [0.2, 0.25) is 0 Å². The van der Waals surface area contributed by atoms with Gasteiger partial charge in [0.15, 0.2) is 0 Å². The lowest BCUT2D eigenvalue weighted by Crippen LogP contribution is -2.28. The molecule has 0 aromatic rings. The van der Waals surface area contributed by atoms with Crippen molar-refractivity contribution in [2.75, 3.05) is 19.7 Å². The lowest BCUT2D eigenvalue weighted by atomic mass is 10.3. The van der Waals surface area contributed by atoms with E-state index in [1.165, 1.54) is 6.08 Å². The maximum absolute atomic E-state index is 11.4. The highest BCUT2D eigenvalue weighted by molar-refractivity contribution is 5.87. The molecule has 3 nitrogen and oxygen atoms in total. The summed E-state index contributed by atoms with van der Waals surface area (Å²) in [6.45, 7) is 15.6. The number of hydrogen-bond acceptors (Lipinski definition) is 3. The first-order valence-corrected chi connectivity index (χ1v) is 4.61. The molecule has 0 rings (SSSR count). The molecule has 0 aromatic carbocycles. The van der Waals surface area contributed by atoms with Crippen molar-refractivity contribution in [3.8, 4) is 0 Å². The summed E-state index contributed by atoms with van der Waals surface area (Å²) >= 11 is 0. The molecule has 0 aliphatic rings. The van der Waals surface area contributed by atoms with Crippen LogP contribution < -0.4 is 0 Å². The average Bonchev–Trinajstić information content (AvgIpc) is 2.24. The van der Waals surface area contributed by atoms with E-state index in [2.05, 4.69) is 26.3 Å². The van der Waals surface area contributed by atoms with Gasteiger partial charge in [0.1, 0.15) is 12.3 Å². The van der Waals surface area contributed by atoms with Crippen molar-refractivity contribution in [2.24, 2.45) is 0 Å². The first-order valence-electron chi connectivity index (χ1n) is 4.61. The second-order valence-electron chi connectivity index (χ2n) is 2.82. The number of nitrogens with zero attached hydrogens (tertiary/aromatic N) is 1. The Morgan fingerprint density at radius 2 is 1.67 bits per heavy atom. The van der Waals surface area contributed by atoms with E-state index in [0.717, 1.165) is 0 Å². The molecular weight excluding hydrogens is 190 g/mol. The summed E-state index contributed by atoms with van der Waals surface area (Å²) in [7, 11) is 0. The Labute approximate surface area is 91.0 Å². The van der Waals surface area contributed by atoms with Gasteiger partial charge in [-0.15, -0.1) is 13.2 Å². The van der Waals surface area contributed by atoms with E-state index in [-0.39, 0.29) is 6.61 Å². The van der Waals surface area contributed by atoms with Gasteiger partial charge in [-0.25, -0.2) is 4.79 Å². The van der Waals surface area contributed by atoms with Crippen LogP contribution >= 0.6 is 0 Å². The van der Waals surface area contributed by atoms with E-state index in [1.54, 1.807) is 17.1 Å². The number of hydrogen-bond donors (Lipinski definition) is 0. The Hall–Kier alpha value is -1.77. The first kappa shape index (κ1) is 13.2. The third-order valence-corrected chi connectivity index (χ3v) is 1.65. The predicted octanol–water partition coefficient (Wildman–Crippen LogP) is 1.90. The van der Waals surface area contributed by atoms with E-state index >= 15 is 0 Å². The number of carbonyl (C=O) groups excluding carboxylic acids is 1. The van der Waals surface area contributed by atoms with Gasteiger partial charge >= 0.3 is 5.97 Å². The van der Waals surface area contributed by atoms with Gasteiger partial charge in [0.25, 0.3) is 0 Å². The lowest BCUT2D eigenvalue weighted by Gasteiger charge is -2.22. The third kappa shape index (κ3) is 4.86. The molecule has 0 saturated carbocycles. The lowest BCUT2D eigenvalue weighted by molar-refractivity contribution is -0.139. The van der Waals surface area contributed by atoms with Gasteiger partial charge in [-0.3, -0.25) is 0 Å². The molecule has 0 aromatic heterocycles. The summed E-state index contributed by atoms with van der Waals surface area (Å²) in [4.78, 5) is 13.1. The Kier molecular flexibility index (Phi) is 6.72. The van der Waals surface area contributed by atoms with Crippen molar-refractivity contribution in [3.05, 3.63) is 50.2 Å². The molecule has 0 saturated heterocycles. The fourth-order valence-electron chi connectivity index (χ4n) is 0.954. The molecule has 0 N–H and O–H groups in total. The quantitative estimate of drug-likeness (QED) is 0.346. The molecule has 82 valence electrons. The van der Waals surface area contributed by atoms with Crippen LogP contribution in [0.2, 0.25) is 0 Å². The molecule has 0 atom stereocenters. The van der Waals surface area contributed by atoms with Gasteiger partial charge in [-0.1, -0.05) is 31.4 Å². The van der Waals surface area contributed by atoms with Crippen LogP contribution in [0.3, 0.4) is 0 Å². The van der Waals surface area contributed by atoms with Crippen molar-refractivity contribution in [3.63, 3.8) is 0 Å². The minimum atomic E-state index is -0.446. The number of rotatable bonds is 8. The van der Waals surface area contributed by atoms with E-state index in [9.17, 15) is 4.79 Å². The third-order valence-electron chi connectivity index (χ3n) is 1.65. The van der Waals surface area contributed by atoms with Crippen molar-refractivity contribution in [1.82, 2.24) is 4.90 Å². The Morgan fingerprint density at radius 1 is 1.13 bits per heavy atom. The van der Waals surface area contributed by atoms with Crippen LogP contribution in [0.4, 0.5) is 0 Å². The Balaban J connectivity index is 4.33. The van der Waals surface area contributed by atoms with E-state index < -0.39 is 5.97 Å². The molecule has 0 fully saturated rings. The van der Waals surface area contributed by atoms with E-state index in [1.807, 2.05) is 0 Å². The predicted molar refractivity (Wildman–Crippen MR) is 62.3 cm³/mol. The van der Waals surface area contributed by atoms with Crippen molar-refractivity contribution in [1.29, 1.82) is 0 Å². The summed E-state index contributed by atoms with van der Waals surface area (Å²) in [5.41, 5.74) is 0.302. The summed E-state index contributed by atoms with van der Waals surface area (Å²) in [6, 6.07) is 0. The standard InChI is InChI=1S/C12H17NO2/c1-5-8-13(9-6-2)11(4)12(14)15-10-7-3/h5-7H,1-4,8-10H2. The normalized spacial score (nSPS) is 8.80. The van der Waals surface area contributed by atoms with Crippen molar-refractivity contribution >= 4 is 5.97 Å². The Bertz CT molecular complexity index is 259. The second kappa shape index (κ2) is 7.62. The van der Waals surface area contributed by atoms with Crippen LogP contribution in [0.5, 0.6) is 0 Å². The molecule has 15 heavy (non-hydrogen) atoms. The number of ether oxygens (including phenoxy) is 1. The number of esters is 1. The van der Waals surface area contributed by atoms with Crippen molar-refractivity contribution < 1.29 is 9.53 Å². The minimum Gasteiger partial charge on any atom is -0.457 e. The smallest absolute Gasteiger partial charge is 0.354 e.